The zero-order chi connectivity index (χ0) is 65.5. The molecule has 0 radical (unpaired) electrons. The van der Waals surface area contributed by atoms with Gasteiger partial charge in [0.05, 0.1) is 13.0 Å². The predicted molar refractivity (Wildman–Crippen MR) is 307 cm³/mol. The number of hydrogen-bond acceptors (Lipinski definition) is 17. The molecular weight excluding hydrogens is 1180 g/mol. The molecule has 0 bridgehead atoms. The van der Waals surface area contributed by atoms with E-state index < -0.39 is 202 Å². The number of nitrogens with two attached hydrogens (primary N) is 1. The van der Waals surface area contributed by atoms with Crippen molar-refractivity contribution >= 4 is 102 Å². The summed E-state index contributed by atoms with van der Waals surface area (Å²) in [5, 5.41) is 79.2. The molecule has 33 heteroatoms. The van der Waals surface area contributed by atoms with Crippen molar-refractivity contribution in [3.63, 3.8) is 0 Å². The van der Waals surface area contributed by atoms with Crippen molar-refractivity contribution in [3.05, 3.63) is 108 Å². The number of aliphatic carboxylic acids is 6. The van der Waals surface area contributed by atoms with Crippen LogP contribution in [0.15, 0.2) is 91.0 Å². The molecule has 0 heterocycles. The van der Waals surface area contributed by atoms with Gasteiger partial charge in [0.25, 0.3) is 0 Å². The third kappa shape index (κ3) is 27.2. The third-order valence-corrected chi connectivity index (χ3v) is 13.0. The Bertz CT molecular complexity index is 2960. The number of urea groups is 1. The van der Waals surface area contributed by atoms with Gasteiger partial charge in [0.1, 0.15) is 54.4 Å². The minimum atomic E-state index is -1.80. The summed E-state index contributed by atoms with van der Waals surface area (Å²) in [6.07, 6.45) is -5.13. The second-order valence-electron chi connectivity index (χ2n) is 19.5. The molecule has 18 N–H and O–H groups in total. The molecule has 3 aromatic rings. The van der Waals surface area contributed by atoms with Crippen LogP contribution in [0, 0.1) is 0 Å². The first-order chi connectivity index (χ1) is 41.6. The number of benzene rings is 3. The van der Waals surface area contributed by atoms with Crippen LogP contribution in [0.1, 0.15) is 61.6 Å². The van der Waals surface area contributed by atoms with Crippen molar-refractivity contribution in [1.82, 2.24) is 53.2 Å². The highest BCUT2D eigenvalue weighted by Crippen LogP contribution is 2.11. The van der Waals surface area contributed by atoms with Gasteiger partial charge in [0.2, 0.25) is 47.3 Å². The summed E-state index contributed by atoms with van der Waals surface area (Å²) >= 11 is 3.84. The van der Waals surface area contributed by atoms with Crippen molar-refractivity contribution in [2.45, 2.75) is 119 Å². The number of amides is 10. The van der Waals surface area contributed by atoms with Crippen LogP contribution in [-0.4, -0.2) is 193 Å². The van der Waals surface area contributed by atoms with Crippen LogP contribution in [0.4, 0.5) is 4.79 Å². The summed E-state index contributed by atoms with van der Waals surface area (Å²) in [7, 11) is 0. The number of carbonyl (C=O) groups is 15. The van der Waals surface area contributed by atoms with Gasteiger partial charge in [-0.15, -0.1) is 0 Å². The standard InChI is InChI=1S/C55H69N11O21S/c56-32(46(74)62-39(25-45(72)73)50(78)64-40(28-88)54(85)86)26-58-47(75)36(22-29-10-4-1-5-11-29)63-49(77)38(24-31-14-8-3-9-15-31)60-43(69)27-57-41(67)19-16-33(51(79)80)61-48(76)37(23-30-12-6-2-7-13-30)59-42(68)20-17-34(52(81)82)65-55(87)66-35(53(83)84)18-21-44(70)71/h1-15,32-40,88H,16-28,56H2,(H,57,67)(H,58,75)(H,59,68)(H,60,69)(H,61,76)(H,62,74)(H,63,77)(H,64,78)(H,70,71)(H,72,73)(H,79,80)(H,81,82)(H,83,84)(H,85,86)(H2,65,66,87). The zero-order valence-electron chi connectivity index (χ0n) is 46.9. The number of hydrogen-bond donors (Lipinski definition) is 18. The Morgan fingerprint density at radius 1 is 0.375 bits per heavy atom. The third-order valence-electron chi connectivity index (χ3n) is 12.7. The van der Waals surface area contributed by atoms with Crippen LogP contribution in [0.25, 0.3) is 0 Å². The number of carboxylic acid groups (broad SMARTS) is 6. The lowest BCUT2D eigenvalue weighted by Gasteiger charge is -2.24. The molecule has 0 aromatic heterocycles. The second kappa shape index (κ2) is 37.3. The summed E-state index contributed by atoms with van der Waals surface area (Å²) < 4.78 is 0. The van der Waals surface area contributed by atoms with Crippen LogP contribution in [-0.2, 0) is 86.4 Å². The minimum Gasteiger partial charge on any atom is -0.481 e. The highest BCUT2D eigenvalue weighted by atomic mass is 32.1. The van der Waals surface area contributed by atoms with Crippen LogP contribution < -0.4 is 58.9 Å². The summed E-state index contributed by atoms with van der Waals surface area (Å²) in [5.41, 5.74) is 7.56. The summed E-state index contributed by atoms with van der Waals surface area (Å²) in [6, 6.07) is 8.70. The average Bonchev–Trinajstić information content (AvgIpc) is 3.69. The topological polar surface area (TPSA) is 524 Å². The Morgan fingerprint density at radius 2 is 0.739 bits per heavy atom. The van der Waals surface area contributed by atoms with E-state index in [4.69, 9.17) is 10.8 Å². The first-order valence-corrected chi connectivity index (χ1v) is 27.5. The Labute approximate surface area is 506 Å². The minimum absolute atomic E-state index is 0.157. The van der Waals surface area contributed by atoms with E-state index in [0.717, 1.165) is 0 Å². The van der Waals surface area contributed by atoms with Gasteiger partial charge in [-0.3, -0.25) is 47.9 Å². The molecule has 10 amide bonds. The first kappa shape index (κ1) is 72.1. The molecule has 3 aromatic carbocycles. The molecule has 0 saturated heterocycles. The molecule has 3 rings (SSSR count). The highest BCUT2D eigenvalue weighted by Gasteiger charge is 2.33. The number of carbonyl (C=O) groups excluding carboxylic acids is 9. The highest BCUT2D eigenvalue weighted by molar-refractivity contribution is 7.80. The quantitative estimate of drug-likeness (QED) is 0.0245. The Balaban J connectivity index is 1.69. The maximum absolute atomic E-state index is 14.1. The molecule has 0 saturated carbocycles. The normalized spacial score (nSPS) is 13.8. The number of rotatable bonds is 39. The monoisotopic (exact) mass is 1250 g/mol. The van der Waals surface area contributed by atoms with Gasteiger partial charge < -0.3 is 89.5 Å². The maximum Gasteiger partial charge on any atom is 0.327 e. The molecule has 0 aliphatic rings. The van der Waals surface area contributed by atoms with Crippen molar-refractivity contribution < 1.29 is 103 Å². The molecule has 9 unspecified atom stereocenters. The van der Waals surface area contributed by atoms with Gasteiger partial charge in [-0.1, -0.05) is 91.0 Å². The molecule has 0 aliphatic carbocycles. The van der Waals surface area contributed by atoms with E-state index in [-0.39, 0.29) is 25.0 Å². The van der Waals surface area contributed by atoms with Crippen molar-refractivity contribution in [2.75, 3.05) is 18.8 Å². The molecule has 9 atom stereocenters. The Hall–Kier alpha value is -10.2. The summed E-state index contributed by atoms with van der Waals surface area (Å²) in [6.45, 7) is -1.41. The van der Waals surface area contributed by atoms with Gasteiger partial charge in [-0.25, -0.2) is 24.0 Å². The van der Waals surface area contributed by atoms with E-state index >= 15 is 0 Å². The Kier molecular flexibility index (Phi) is 30.5. The Morgan fingerprint density at radius 3 is 1.16 bits per heavy atom. The maximum atomic E-state index is 14.1. The molecular formula is C55H69N11O21S. The molecule has 0 fully saturated rings. The van der Waals surface area contributed by atoms with Crippen molar-refractivity contribution in [3.8, 4) is 0 Å². The summed E-state index contributed by atoms with van der Waals surface area (Å²) in [4.78, 5) is 189. The van der Waals surface area contributed by atoms with Gasteiger partial charge in [0, 0.05) is 50.8 Å². The SMILES string of the molecule is NC(CNC(=O)C(Cc1ccccc1)NC(=O)C(Cc1ccccc1)NC(=O)CNC(=O)CCC(NC(=O)C(Cc1ccccc1)NC(=O)CCC(NC(=O)NC(CCC(=O)O)C(=O)O)C(=O)O)C(=O)O)C(=O)NC(CC(=O)O)C(=O)NC(CS)C(=O)O. The summed E-state index contributed by atoms with van der Waals surface area (Å²) in [5.74, 6) is -17.5. The fraction of sp³-hybridized carbons (Fsp3) is 0.400. The first-order valence-electron chi connectivity index (χ1n) is 26.9. The molecule has 0 aliphatic heterocycles. The fourth-order valence-corrected chi connectivity index (χ4v) is 8.24. The molecule has 32 nitrogen and oxygen atoms in total. The fourth-order valence-electron chi connectivity index (χ4n) is 8.00. The van der Waals surface area contributed by atoms with E-state index in [1.54, 1.807) is 91.0 Å². The van der Waals surface area contributed by atoms with Gasteiger partial charge in [-0.2, -0.15) is 12.6 Å². The van der Waals surface area contributed by atoms with E-state index in [1.807, 2.05) is 10.6 Å². The smallest absolute Gasteiger partial charge is 0.327 e. The zero-order valence-corrected chi connectivity index (χ0v) is 47.8. The van der Waals surface area contributed by atoms with Crippen molar-refractivity contribution in [1.29, 1.82) is 0 Å². The van der Waals surface area contributed by atoms with E-state index in [1.165, 1.54) is 0 Å². The second-order valence-corrected chi connectivity index (χ2v) is 19.9. The number of carboxylic acids is 6. The van der Waals surface area contributed by atoms with Gasteiger partial charge >= 0.3 is 41.8 Å². The lowest BCUT2D eigenvalue weighted by Crippen LogP contribution is -2.59. The largest absolute Gasteiger partial charge is 0.481 e. The lowest BCUT2D eigenvalue weighted by atomic mass is 10.0. The van der Waals surface area contributed by atoms with Crippen LogP contribution in [0.3, 0.4) is 0 Å². The lowest BCUT2D eigenvalue weighted by molar-refractivity contribution is -0.143. The van der Waals surface area contributed by atoms with Gasteiger partial charge in [-0.05, 0) is 36.0 Å². The molecule has 88 heavy (non-hydrogen) atoms. The van der Waals surface area contributed by atoms with Crippen molar-refractivity contribution in [2.24, 2.45) is 5.73 Å². The molecule has 0 spiro atoms. The predicted octanol–water partition coefficient (Wildman–Crippen LogP) is -3.61. The van der Waals surface area contributed by atoms with Gasteiger partial charge in [0.15, 0.2) is 0 Å². The van der Waals surface area contributed by atoms with Crippen LogP contribution in [0.2, 0.25) is 0 Å². The van der Waals surface area contributed by atoms with Crippen LogP contribution in [0.5, 0.6) is 0 Å². The molecule has 476 valence electrons. The van der Waals surface area contributed by atoms with E-state index in [2.05, 4.69) is 55.2 Å². The van der Waals surface area contributed by atoms with Crippen LogP contribution >= 0.6 is 12.6 Å². The number of thiol groups is 1. The average molecular weight is 1250 g/mol. The van der Waals surface area contributed by atoms with E-state index in [0.29, 0.717) is 16.7 Å². The van der Waals surface area contributed by atoms with E-state index in [9.17, 15) is 97.5 Å². The number of nitrogens with one attached hydrogen (secondary N) is 10.